The highest BCUT2D eigenvalue weighted by atomic mass is 19.1. The predicted octanol–water partition coefficient (Wildman–Crippen LogP) is 2.21. The van der Waals surface area contributed by atoms with Crippen LogP contribution in [-0.2, 0) is 6.54 Å². The molecule has 0 radical (unpaired) electrons. The van der Waals surface area contributed by atoms with Crippen LogP contribution in [0, 0.1) is 5.82 Å². The van der Waals surface area contributed by atoms with E-state index in [1.54, 1.807) is 6.07 Å². The van der Waals surface area contributed by atoms with Crippen LogP contribution in [0.3, 0.4) is 0 Å². The molecule has 23 heavy (non-hydrogen) atoms. The maximum Gasteiger partial charge on any atom is 0.317 e. The van der Waals surface area contributed by atoms with Gasteiger partial charge in [0.1, 0.15) is 0 Å². The van der Waals surface area contributed by atoms with Crippen molar-refractivity contribution < 1.29 is 13.9 Å². The molecule has 3 rings (SSSR count). The van der Waals surface area contributed by atoms with E-state index in [9.17, 15) is 9.18 Å². The minimum atomic E-state index is -0.271. The quantitative estimate of drug-likeness (QED) is 0.925. The van der Waals surface area contributed by atoms with Gasteiger partial charge in [-0.15, -0.1) is 0 Å². The van der Waals surface area contributed by atoms with Gasteiger partial charge in [0.05, 0.1) is 7.11 Å². The molecule has 1 aromatic rings. The van der Waals surface area contributed by atoms with E-state index in [2.05, 4.69) is 10.2 Å². The second-order valence-electron chi connectivity index (χ2n) is 6.22. The SMILES string of the molecule is COc1cccc(CN2CCC(N3CCCNC3=O)CC2)c1F. The van der Waals surface area contributed by atoms with Gasteiger partial charge in [-0.1, -0.05) is 12.1 Å². The van der Waals surface area contributed by atoms with Crippen molar-refractivity contribution in [1.29, 1.82) is 0 Å². The second kappa shape index (κ2) is 7.17. The molecule has 0 bridgehead atoms. The zero-order valence-electron chi connectivity index (χ0n) is 13.6. The number of urea groups is 1. The zero-order valence-corrected chi connectivity index (χ0v) is 13.6. The van der Waals surface area contributed by atoms with Crippen molar-refractivity contribution in [2.45, 2.75) is 31.8 Å². The fourth-order valence-electron chi connectivity index (χ4n) is 3.46. The lowest BCUT2D eigenvalue weighted by Gasteiger charge is -2.40. The van der Waals surface area contributed by atoms with E-state index in [0.29, 0.717) is 23.9 Å². The summed E-state index contributed by atoms with van der Waals surface area (Å²) in [6, 6.07) is 5.64. The Balaban J connectivity index is 1.56. The molecule has 5 nitrogen and oxygen atoms in total. The highest BCUT2D eigenvalue weighted by Gasteiger charge is 2.29. The first kappa shape index (κ1) is 16.1. The van der Waals surface area contributed by atoms with Gasteiger partial charge in [0.2, 0.25) is 0 Å². The lowest BCUT2D eigenvalue weighted by Crippen LogP contribution is -2.54. The van der Waals surface area contributed by atoms with Crippen LogP contribution in [0.1, 0.15) is 24.8 Å². The van der Waals surface area contributed by atoms with Gasteiger partial charge < -0.3 is 15.0 Å². The van der Waals surface area contributed by atoms with E-state index in [0.717, 1.165) is 45.4 Å². The lowest BCUT2D eigenvalue weighted by atomic mass is 10.0. The first-order chi connectivity index (χ1) is 11.2. The van der Waals surface area contributed by atoms with E-state index in [4.69, 9.17) is 4.74 Å². The number of benzene rings is 1. The molecule has 0 unspecified atom stereocenters. The summed E-state index contributed by atoms with van der Waals surface area (Å²) >= 11 is 0. The molecule has 2 amide bonds. The van der Waals surface area contributed by atoms with E-state index < -0.39 is 0 Å². The van der Waals surface area contributed by atoms with Gasteiger partial charge in [0, 0.05) is 44.3 Å². The first-order valence-corrected chi connectivity index (χ1v) is 8.27. The molecule has 1 aromatic carbocycles. The fraction of sp³-hybridized carbons (Fsp3) is 0.588. The Bertz CT molecular complexity index is 559. The molecule has 2 fully saturated rings. The standard InChI is InChI=1S/C17H24FN3O2/c1-23-15-5-2-4-13(16(15)18)12-20-10-6-14(7-11-20)21-9-3-8-19-17(21)22/h2,4-5,14H,3,6-12H2,1H3,(H,19,22). The molecular weight excluding hydrogens is 297 g/mol. The van der Waals surface area contributed by atoms with Crippen molar-refractivity contribution >= 4 is 6.03 Å². The average Bonchev–Trinajstić information content (AvgIpc) is 2.58. The summed E-state index contributed by atoms with van der Waals surface area (Å²) in [6.07, 6.45) is 2.90. The first-order valence-electron chi connectivity index (χ1n) is 8.27. The van der Waals surface area contributed by atoms with Gasteiger partial charge >= 0.3 is 6.03 Å². The van der Waals surface area contributed by atoms with E-state index in [1.165, 1.54) is 7.11 Å². The Labute approximate surface area is 136 Å². The van der Waals surface area contributed by atoms with E-state index in [1.807, 2.05) is 17.0 Å². The number of halogens is 1. The number of likely N-dealkylation sites (tertiary alicyclic amines) is 1. The highest BCUT2D eigenvalue weighted by Crippen LogP contribution is 2.24. The largest absolute Gasteiger partial charge is 0.494 e. The number of piperidine rings is 1. The van der Waals surface area contributed by atoms with Crippen LogP contribution in [-0.4, -0.2) is 55.2 Å². The number of ether oxygens (including phenoxy) is 1. The van der Waals surface area contributed by atoms with Gasteiger partial charge in [-0.05, 0) is 25.3 Å². The summed E-state index contributed by atoms with van der Waals surface area (Å²) in [5.41, 5.74) is 0.665. The number of methoxy groups -OCH3 is 1. The summed E-state index contributed by atoms with van der Waals surface area (Å²) in [7, 11) is 1.48. The molecule has 0 aromatic heterocycles. The zero-order chi connectivity index (χ0) is 16.2. The van der Waals surface area contributed by atoms with Crippen molar-refractivity contribution in [3.63, 3.8) is 0 Å². The summed E-state index contributed by atoms with van der Waals surface area (Å²) in [4.78, 5) is 16.1. The van der Waals surface area contributed by atoms with Crippen LogP contribution in [0.2, 0.25) is 0 Å². The maximum atomic E-state index is 14.2. The molecule has 2 saturated heterocycles. The van der Waals surface area contributed by atoms with Crippen molar-refractivity contribution in [2.24, 2.45) is 0 Å². The van der Waals surface area contributed by atoms with Crippen LogP contribution in [0.25, 0.3) is 0 Å². The monoisotopic (exact) mass is 321 g/mol. The third kappa shape index (κ3) is 3.58. The molecule has 2 aliphatic rings. The Morgan fingerprint density at radius 3 is 2.78 bits per heavy atom. The summed E-state index contributed by atoms with van der Waals surface area (Å²) in [5, 5.41) is 2.91. The van der Waals surface area contributed by atoms with Crippen molar-refractivity contribution in [1.82, 2.24) is 15.1 Å². The number of nitrogens with one attached hydrogen (secondary N) is 1. The van der Waals surface area contributed by atoms with Crippen molar-refractivity contribution in [3.8, 4) is 5.75 Å². The summed E-state index contributed by atoms with van der Waals surface area (Å²) in [5.74, 6) is 0.0231. The maximum absolute atomic E-state index is 14.2. The summed E-state index contributed by atoms with van der Waals surface area (Å²) in [6.45, 7) is 3.97. The molecule has 6 heteroatoms. The average molecular weight is 321 g/mol. The number of amides is 2. The number of hydrogen-bond acceptors (Lipinski definition) is 3. The molecule has 126 valence electrons. The third-order valence-electron chi connectivity index (χ3n) is 4.77. The molecule has 1 N–H and O–H groups in total. The Morgan fingerprint density at radius 1 is 1.30 bits per heavy atom. The Kier molecular flexibility index (Phi) is 5.00. The summed E-state index contributed by atoms with van der Waals surface area (Å²) < 4.78 is 19.3. The molecule has 0 spiro atoms. The molecule has 0 saturated carbocycles. The van der Waals surface area contributed by atoms with E-state index in [-0.39, 0.29) is 11.8 Å². The smallest absolute Gasteiger partial charge is 0.317 e. The number of carbonyl (C=O) groups excluding carboxylic acids is 1. The number of carbonyl (C=O) groups is 1. The van der Waals surface area contributed by atoms with Gasteiger partial charge in [-0.25, -0.2) is 9.18 Å². The Hall–Kier alpha value is -1.82. The second-order valence-corrected chi connectivity index (χ2v) is 6.22. The Morgan fingerprint density at radius 2 is 2.09 bits per heavy atom. The van der Waals surface area contributed by atoms with Gasteiger partial charge in [0.15, 0.2) is 11.6 Å². The molecular formula is C17H24FN3O2. The van der Waals surface area contributed by atoms with Gasteiger partial charge in [0.25, 0.3) is 0 Å². The topological polar surface area (TPSA) is 44.8 Å². The highest BCUT2D eigenvalue weighted by molar-refractivity contribution is 5.75. The molecule has 2 aliphatic heterocycles. The van der Waals surface area contributed by atoms with Crippen LogP contribution in [0.5, 0.6) is 5.75 Å². The molecule has 0 atom stereocenters. The minimum absolute atomic E-state index is 0.0635. The number of rotatable bonds is 4. The minimum Gasteiger partial charge on any atom is -0.494 e. The third-order valence-corrected chi connectivity index (χ3v) is 4.77. The molecule has 2 heterocycles. The van der Waals surface area contributed by atoms with Crippen LogP contribution >= 0.6 is 0 Å². The van der Waals surface area contributed by atoms with Crippen molar-refractivity contribution in [2.75, 3.05) is 33.3 Å². The van der Waals surface area contributed by atoms with Crippen molar-refractivity contribution in [3.05, 3.63) is 29.6 Å². The van der Waals surface area contributed by atoms with Gasteiger partial charge in [-0.2, -0.15) is 0 Å². The van der Waals surface area contributed by atoms with E-state index >= 15 is 0 Å². The predicted molar refractivity (Wildman–Crippen MR) is 86.0 cm³/mol. The molecule has 0 aliphatic carbocycles. The van der Waals surface area contributed by atoms with Crippen LogP contribution in [0.15, 0.2) is 18.2 Å². The number of nitrogens with zero attached hydrogens (tertiary/aromatic N) is 2. The van der Waals surface area contributed by atoms with Crippen LogP contribution in [0.4, 0.5) is 9.18 Å². The van der Waals surface area contributed by atoms with Gasteiger partial charge in [-0.3, -0.25) is 4.90 Å². The fourth-order valence-corrected chi connectivity index (χ4v) is 3.46. The van der Waals surface area contributed by atoms with Crippen LogP contribution < -0.4 is 10.1 Å². The normalized spacial score (nSPS) is 20.4. The lowest BCUT2D eigenvalue weighted by molar-refractivity contribution is 0.108. The number of hydrogen-bond donors (Lipinski definition) is 1.